The van der Waals surface area contributed by atoms with Crippen molar-refractivity contribution in [2.24, 2.45) is 0 Å². The van der Waals surface area contributed by atoms with Gasteiger partial charge in [-0.3, -0.25) is 0 Å². The van der Waals surface area contributed by atoms with Crippen LogP contribution in [-0.2, 0) is 16.8 Å². The molecule has 0 aliphatic rings. The second-order valence-corrected chi connectivity index (χ2v) is 7.48. The third-order valence-corrected chi connectivity index (χ3v) is 4.16. The van der Waals surface area contributed by atoms with Crippen molar-refractivity contribution in [2.45, 2.75) is 32.8 Å². The monoisotopic (exact) mass is 392 g/mol. The number of esters is 1. The molecule has 148 valence electrons. The summed E-state index contributed by atoms with van der Waals surface area (Å²) in [6, 6.07) is 14.5. The molecule has 0 saturated heterocycles. The second kappa shape index (κ2) is 7.38. The van der Waals surface area contributed by atoms with Crippen molar-refractivity contribution >= 4 is 5.97 Å². The van der Waals surface area contributed by atoms with Crippen LogP contribution in [0.1, 0.15) is 43.0 Å². The first-order valence-electron chi connectivity index (χ1n) is 9.11. The minimum absolute atomic E-state index is 0.127. The van der Waals surface area contributed by atoms with E-state index in [1.165, 1.54) is 4.68 Å². The van der Waals surface area contributed by atoms with Gasteiger partial charge in [0.15, 0.2) is 23.9 Å². The Morgan fingerprint density at radius 3 is 2.59 bits per heavy atom. The summed E-state index contributed by atoms with van der Waals surface area (Å²) in [5.41, 5.74) is 1.26. The number of rotatable bonds is 5. The Labute approximate surface area is 167 Å². The van der Waals surface area contributed by atoms with Crippen LogP contribution in [0.15, 0.2) is 63.7 Å². The normalized spacial score (nSPS) is 11.6. The van der Waals surface area contributed by atoms with Crippen LogP contribution in [0.3, 0.4) is 0 Å². The van der Waals surface area contributed by atoms with Crippen molar-refractivity contribution < 1.29 is 18.5 Å². The SMILES string of the molecule is CC(C)(C)c1noc(COC(=O)c2cc(-c3ccco3)nn2-c2ccccc2)n1. The summed E-state index contributed by atoms with van der Waals surface area (Å²) in [6.45, 7) is 5.80. The van der Waals surface area contributed by atoms with Crippen LogP contribution in [0.5, 0.6) is 0 Å². The number of carbonyl (C=O) groups excluding carboxylic acids is 1. The number of furan rings is 1. The van der Waals surface area contributed by atoms with Gasteiger partial charge in [0, 0.05) is 11.5 Å². The Kier molecular flexibility index (Phi) is 4.75. The molecule has 0 atom stereocenters. The van der Waals surface area contributed by atoms with Gasteiger partial charge in [-0.1, -0.05) is 44.1 Å². The predicted octanol–water partition coefficient (Wildman–Crippen LogP) is 4.17. The average Bonchev–Trinajstić information content (AvgIpc) is 3.46. The summed E-state index contributed by atoms with van der Waals surface area (Å²) in [5.74, 6) is 0.786. The van der Waals surface area contributed by atoms with Crippen molar-refractivity contribution in [3.63, 3.8) is 0 Å². The Balaban J connectivity index is 1.59. The first-order valence-corrected chi connectivity index (χ1v) is 9.11. The summed E-state index contributed by atoms with van der Waals surface area (Å²) in [4.78, 5) is 17.1. The molecule has 8 nitrogen and oxygen atoms in total. The lowest BCUT2D eigenvalue weighted by molar-refractivity contribution is 0.0419. The smallest absolute Gasteiger partial charge is 0.357 e. The summed E-state index contributed by atoms with van der Waals surface area (Å²) < 4.78 is 17.5. The number of hydrogen-bond acceptors (Lipinski definition) is 7. The zero-order chi connectivity index (χ0) is 20.4. The third-order valence-electron chi connectivity index (χ3n) is 4.16. The molecular weight excluding hydrogens is 372 g/mol. The first kappa shape index (κ1) is 18.7. The standard InChI is InChI=1S/C21H20N4O4/c1-21(2,3)20-22-18(29-24-20)13-28-19(26)16-12-15(17-10-7-11-27-17)23-25(16)14-8-5-4-6-9-14/h4-12H,13H2,1-3H3. The fourth-order valence-electron chi connectivity index (χ4n) is 2.66. The zero-order valence-electron chi connectivity index (χ0n) is 16.3. The van der Waals surface area contributed by atoms with Crippen molar-refractivity contribution in [3.05, 3.63) is 72.2 Å². The molecule has 3 heterocycles. The van der Waals surface area contributed by atoms with E-state index in [2.05, 4.69) is 15.2 Å². The van der Waals surface area contributed by atoms with Crippen molar-refractivity contribution in [2.75, 3.05) is 0 Å². The summed E-state index contributed by atoms with van der Waals surface area (Å²) in [6.07, 6.45) is 1.55. The second-order valence-electron chi connectivity index (χ2n) is 7.48. The number of nitrogens with zero attached hydrogens (tertiary/aromatic N) is 4. The van der Waals surface area contributed by atoms with Gasteiger partial charge >= 0.3 is 5.97 Å². The highest BCUT2D eigenvalue weighted by Crippen LogP contribution is 2.23. The highest BCUT2D eigenvalue weighted by atomic mass is 16.6. The van der Waals surface area contributed by atoms with E-state index in [4.69, 9.17) is 13.7 Å². The fourth-order valence-corrected chi connectivity index (χ4v) is 2.66. The number of ether oxygens (including phenoxy) is 1. The third kappa shape index (κ3) is 3.96. The number of aromatic nitrogens is 4. The van der Waals surface area contributed by atoms with E-state index >= 15 is 0 Å². The van der Waals surface area contributed by atoms with E-state index in [1.807, 2.05) is 51.1 Å². The van der Waals surface area contributed by atoms with Gasteiger partial charge in [0.05, 0.1) is 12.0 Å². The minimum Gasteiger partial charge on any atom is -0.463 e. The molecule has 8 heteroatoms. The summed E-state index contributed by atoms with van der Waals surface area (Å²) in [7, 11) is 0. The zero-order valence-corrected chi connectivity index (χ0v) is 16.3. The fraction of sp³-hybridized carbons (Fsp3) is 0.238. The molecule has 4 rings (SSSR count). The van der Waals surface area contributed by atoms with Crippen molar-refractivity contribution in [3.8, 4) is 17.1 Å². The maximum absolute atomic E-state index is 12.8. The topological polar surface area (TPSA) is 96.2 Å². The first-order chi connectivity index (χ1) is 13.9. The highest BCUT2D eigenvalue weighted by molar-refractivity contribution is 5.89. The van der Waals surface area contributed by atoms with E-state index in [0.29, 0.717) is 17.3 Å². The summed E-state index contributed by atoms with van der Waals surface area (Å²) in [5, 5.41) is 8.44. The number of hydrogen-bond donors (Lipinski definition) is 0. The maximum atomic E-state index is 12.8. The van der Waals surface area contributed by atoms with Gasteiger partial charge in [-0.25, -0.2) is 9.48 Å². The lowest BCUT2D eigenvalue weighted by Crippen LogP contribution is -2.14. The van der Waals surface area contributed by atoms with Crippen LogP contribution >= 0.6 is 0 Å². The van der Waals surface area contributed by atoms with Crippen molar-refractivity contribution in [1.29, 1.82) is 0 Å². The molecule has 0 radical (unpaired) electrons. The van der Waals surface area contributed by atoms with E-state index in [-0.39, 0.29) is 23.6 Å². The van der Waals surface area contributed by atoms with Crippen LogP contribution in [0.4, 0.5) is 0 Å². The molecule has 0 saturated carbocycles. The van der Waals surface area contributed by atoms with Crippen LogP contribution in [-0.4, -0.2) is 25.9 Å². The van der Waals surface area contributed by atoms with Gasteiger partial charge in [-0.15, -0.1) is 0 Å². The molecule has 0 spiro atoms. The van der Waals surface area contributed by atoms with Gasteiger partial charge in [-0.05, 0) is 24.3 Å². The highest BCUT2D eigenvalue weighted by Gasteiger charge is 2.23. The molecule has 0 amide bonds. The predicted molar refractivity (Wildman–Crippen MR) is 103 cm³/mol. The van der Waals surface area contributed by atoms with Crippen LogP contribution in [0.25, 0.3) is 17.1 Å². The number of carbonyl (C=O) groups is 1. The van der Waals surface area contributed by atoms with Gasteiger partial charge in [0.2, 0.25) is 0 Å². The Morgan fingerprint density at radius 2 is 1.93 bits per heavy atom. The molecule has 0 unspecified atom stereocenters. The molecule has 0 N–H and O–H groups in total. The number of benzene rings is 1. The Hall–Kier alpha value is -3.68. The van der Waals surface area contributed by atoms with E-state index in [1.54, 1.807) is 24.5 Å². The maximum Gasteiger partial charge on any atom is 0.357 e. The van der Waals surface area contributed by atoms with Gasteiger partial charge in [0.25, 0.3) is 5.89 Å². The Bertz CT molecular complexity index is 1110. The molecule has 1 aromatic carbocycles. The van der Waals surface area contributed by atoms with Crippen LogP contribution in [0.2, 0.25) is 0 Å². The van der Waals surface area contributed by atoms with E-state index in [9.17, 15) is 4.79 Å². The molecule has 0 bridgehead atoms. The lowest BCUT2D eigenvalue weighted by atomic mass is 9.96. The average molecular weight is 392 g/mol. The van der Waals surface area contributed by atoms with Crippen molar-refractivity contribution in [1.82, 2.24) is 19.9 Å². The van der Waals surface area contributed by atoms with Gasteiger partial charge in [-0.2, -0.15) is 10.1 Å². The molecule has 0 aliphatic carbocycles. The Morgan fingerprint density at radius 1 is 1.14 bits per heavy atom. The molecule has 3 aromatic heterocycles. The quantitative estimate of drug-likeness (QED) is 0.470. The summed E-state index contributed by atoms with van der Waals surface area (Å²) >= 11 is 0. The van der Waals surface area contributed by atoms with Gasteiger partial charge < -0.3 is 13.7 Å². The molecular formula is C21H20N4O4. The molecule has 4 aromatic rings. The molecule has 0 fully saturated rings. The van der Waals surface area contributed by atoms with E-state index in [0.717, 1.165) is 5.69 Å². The molecule has 29 heavy (non-hydrogen) atoms. The largest absolute Gasteiger partial charge is 0.463 e. The molecule has 0 aliphatic heterocycles. The lowest BCUT2D eigenvalue weighted by Gasteiger charge is -2.10. The van der Waals surface area contributed by atoms with Crippen LogP contribution in [0, 0.1) is 0 Å². The van der Waals surface area contributed by atoms with Gasteiger partial charge in [0.1, 0.15) is 5.69 Å². The van der Waals surface area contributed by atoms with Crippen LogP contribution < -0.4 is 0 Å². The minimum atomic E-state index is -0.560. The number of para-hydroxylation sites is 1. The van der Waals surface area contributed by atoms with E-state index < -0.39 is 5.97 Å².